The largest absolute Gasteiger partial charge is 0.315 e. The number of nitrogens with one attached hydrogen (secondary N) is 3. The van der Waals surface area contributed by atoms with Crippen molar-refractivity contribution in [2.75, 3.05) is 7.05 Å². The van der Waals surface area contributed by atoms with Gasteiger partial charge in [0.2, 0.25) is 10.0 Å². The Morgan fingerprint density at radius 3 is 2.89 bits per heavy atom. The second kappa shape index (κ2) is 5.52. The van der Waals surface area contributed by atoms with Crippen molar-refractivity contribution < 1.29 is 8.42 Å². The predicted molar refractivity (Wildman–Crippen MR) is 65.3 cm³/mol. The van der Waals surface area contributed by atoms with Gasteiger partial charge in [0.05, 0.1) is 6.54 Å². The second-order valence-electron chi connectivity index (χ2n) is 3.40. The Morgan fingerprint density at radius 1 is 1.39 bits per heavy atom. The molecule has 0 aromatic carbocycles. The normalized spacial score (nSPS) is 11.8. The van der Waals surface area contributed by atoms with E-state index in [0.29, 0.717) is 12.4 Å². The van der Waals surface area contributed by atoms with Crippen LogP contribution in [0.3, 0.4) is 0 Å². The number of hydrogen-bond acceptors (Lipinski definition) is 7. The molecule has 0 aliphatic rings. The van der Waals surface area contributed by atoms with Gasteiger partial charge in [-0.3, -0.25) is 0 Å². The number of sulfonamides is 1. The van der Waals surface area contributed by atoms with E-state index in [0.717, 1.165) is 4.88 Å². The molecule has 8 nitrogen and oxygen atoms in total. The van der Waals surface area contributed by atoms with E-state index in [1.807, 2.05) is 7.05 Å². The quantitative estimate of drug-likeness (QED) is 0.658. The van der Waals surface area contributed by atoms with Crippen LogP contribution in [0.5, 0.6) is 0 Å². The SMILES string of the molecule is CNCc1ccc(S(=O)(=O)NCc2nn[nH]n2)s1. The summed E-state index contributed by atoms with van der Waals surface area (Å²) in [5, 5.41) is 15.9. The monoisotopic (exact) mass is 288 g/mol. The Bertz CT molecular complexity index is 591. The van der Waals surface area contributed by atoms with Crippen LogP contribution in [0.4, 0.5) is 0 Å². The maximum atomic E-state index is 11.9. The van der Waals surface area contributed by atoms with E-state index < -0.39 is 10.0 Å². The Kier molecular flexibility index (Phi) is 4.01. The summed E-state index contributed by atoms with van der Waals surface area (Å²) in [5.74, 6) is 0.297. The maximum absolute atomic E-state index is 11.9. The molecule has 10 heteroatoms. The van der Waals surface area contributed by atoms with E-state index >= 15 is 0 Å². The molecule has 2 rings (SSSR count). The molecule has 3 N–H and O–H groups in total. The van der Waals surface area contributed by atoms with Gasteiger partial charge in [-0.25, -0.2) is 13.1 Å². The lowest BCUT2D eigenvalue weighted by molar-refractivity contribution is 0.581. The van der Waals surface area contributed by atoms with Gasteiger partial charge in [0.15, 0.2) is 5.82 Å². The topological polar surface area (TPSA) is 113 Å². The van der Waals surface area contributed by atoms with Crippen molar-refractivity contribution in [1.82, 2.24) is 30.7 Å². The number of nitrogens with zero attached hydrogens (tertiary/aromatic N) is 3. The van der Waals surface area contributed by atoms with Crippen molar-refractivity contribution in [3.05, 3.63) is 22.8 Å². The summed E-state index contributed by atoms with van der Waals surface area (Å²) in [6.45, 7) is 0.656. The summed E-state index contributed by atoms with van der Waals surface area (Å²) in [4.78, 5) is 0.956. The highest BCUT2D eigenvalue weighted by Crippen LogP contribution is 2.21. The zero-order valence-electron chi connectivity index (χ0n) is 9.54. The van der Waals surface area contributed by atoms with Gasteiger partial charge >= 0.3 is 0 Å². The van der Waals surface area contributed by atoms with Crippen LogP contribution in [-0.2, 0) is 23.1 Å². The van der Waals surface area contributed by atoms with E-state index in [4.69, 9.17) is 0 Å². The van der Waals surface area contributed by atoms with E-state index in [2.05, 4.69) is 30.7 Å². The molecule has 0 bridgehead atoms. The van der Waals surface area contributed by atoms with Gasteiger partial charge in [0.1, 0.15) is 4.21 Å². The van der Waals surface area contributed by atoms with Gasteiger partial charge < -0.3 is 5.32 Å². The number of rotatable bonds is 6. The maximum Gasteiger partial charge on any atom is 0.250 e. The molecule has 98 valence electrons. The smallest absolute Gasteiger partial charge is 0.250 e. The van der Waals surface area contributed by atoms with Crippen LogP contribution in [0, 0.1) is 0 Å². The standard InChI is InChI=1S/C8H12N6O2S2/c1-9-4-6-2-3-8(17-6)18(15,16)10-5-7-11-13-14-12-7/h2-3,9-10H,4-5H2,1H3,(H,11,12,13,14). The van der Waals surface area contributed by atoms with Gasteiger partial charge in [-0.15, -0.1) is 21.5 Å². The van der Waals surface area contributed by atoms with Crippen LogP contribution in [-0.4, -0.2) is 36.1 Å². The third-order valence-electron chi connectivity index (χ3n) is 2.06. The molecule has 0 aliphatic carbocycles. The van der Waals surface area contributed by atoms with Gasteiger partial charge in [0.25, 0.3) is 0 Å². The summed E-state index contributed by atoms with van der Waals surface area (Å²) in [6, 6.07) is 3.36. The lowest BCUT2D eigenvalue weighted by Gasteiger charge is -2.01. The van der Waals surface area contributed by atoms with Gasteiger partial charge in [0, 0.05) is 11.4 Å². The third kappa shape index (κ3) is 3.10. The first kappa shape index (κ1) is 13.1. The molecule has 2 heterocycles. The first-order valence-electron chi connectivity index (χ1n) is 5.07. The van der Waals surface area contributed by atoms with Crippen molar-refractivity contribution in [2.24, 2.45) is 0 Å². The molecule has 0 amide bonds. The summed E-state index contributed by atoms with van der Waals surface area (Å²) in [7, 11) is -1.71. The fourth-order valence-corrected chi connectivity index (χ4v) is 3.65. The molecular formula is C8H12N6O2S2. The molecule has 18 heavy (non-hydrogen) atoms. The number of tetrazole rings is 1. The summed E-state index contributed by atoms with van der Waals surface area (Å²) in [6.07, 6.45) is 0. The average Bonchev–Trinajstić information content (AvgIpc) is 2.98. The Balaban J connectivity index is 2.05. The lowest BCUT2D eigenvalue weighted by Crippen LogP contribution is -2.23. The molecule has 0 saturated heterocycles. The minimum Gasteiger partial charge on any atom is -0.315 e. The first-order valence-corrected chi connectivity index (χ1v) is 7.37. The number of hydrogen-bond donors (Lipinski definition) is 3. The zero-order valence-corrected chi connectivity index (χ0v) is 11.2. The molecular weight excluding hydrogens is 276 g/mol. The lowest BCUT2D eigenvalue weighted by atomic mass is 10.5. The molecule has 2 aromatic rings. The third-order valence-corrected chi connectivity index (χ3v) is 5.04. The first-order chi connectivity index (χ1) is 8.62. The molecule has 0 unspecified atom stereocenters. The summed E-state index contributed by atoms with van der Waals surface area (Å²) in [5.41, 5.74) is 0. The van der Waals surface area contributed by atoms with E-state index in [-0.39, 0.29) is 10.8 Å². The van der Waals surface area contributed by atoms with Crippen LogP contribution in [0.1, 0.15) is 10.7 Å². The minimum atomic E-state index is -3.51. The highest BCUT2D eigenvalue weighted by Gasteiger charge is 2.17. The van der Waals surface area contributed by atoms with Gasteiger partial charge in [-0.05, 0) is 19.2 Å². The summed E-state index contributed by atoms with van der Waals surface area (Å²) < 4.78 is 26.6. The highest BCUT2D eigenvalue weighted by molar-refractivity contribution is 7.91. The number of H-pyrrole nitrogens is 1. The van der Waals surface area contributed by atoms with Crippen molar-refractivity contribution in [1.29, 1.82) is 0 Å². The van der Waals surface area contributed by atoms with E-state index in [1.165, 1.54) is 11.3 Å². The van der Waals surface area contributed by atoms with E-state index in [9.17, 15) is 8.42 Å². The van der Waals surface area contributed by atoms with Crippen LogP contribution in [0.25, 0.3) is 0 Å². The molecule has 0 aliphatic heterocycles. The van der Waals surface area contributed by atoms with Crippen molar-refractivity contribution >= 4 is 21.4 Å². The molecule has 0 atom stereocenters. The number of thiophene rings is 1. The van der Waals surface area contributed by atoms with Gasteiger partial charge in [-0.2, -0.15) is 5.21 Å². The molecule has 0 fully saturated rings. The Hall–Kier alpha value is -1.36. The molecule has 0 saturated carbocycles. The average molecular weight is 288 g/mol. The van der Waals surface area contributed by atoms with Crippen LogP contribution < -0.4 is 10.0 Å². The van der Waals surface area contributed by atoms with Crippen molar-refractivity contribution in [2.45, 2.75) is 17.3 Å². The van der Waals surface area contributed by atoms with Crippen LogP contribution >= 0.6 is 11.3 Å². The minimum absolute atomic E-state index is 0.0120. The molecule has 0 spiro atoms. The van der Waals surface area contributed by atoms with Gasteiger partial charge in [-0.1, -0.05) is 5.21 Å². The molecule has 2 aromatic heterocycles. The number of aromatic amines is 1. The van der Waals surface area contributed by atoms with Crippen molar-refractivity contribution in [3.63, 3.8) is 0 Å². The van der Waals surface area contributed by atoms with Crippen LogP contribution in [0.2, 0.25) is 0 Å². The zero-order chi connectivity index (χ0) is 13.0. The molecule has 0 radical (unpaired) electrons. The van der Waals surface area contributed by atoms with Crippen LogP contribution in [0.15, 0.2) is 16.3 Å². The summed E-state index contributed by atoms with van der Waals surface area (Å²) >= 11 is 1.22. The van der Waals surface area contributed by atoms with Crippen molar-refractivity contribution in [3.8, 4) is 0 Å². The fraction of sp³-hybridized carbons (Fsp3) is 0.375. The Morgan fingerprint density at radius 2 is 2.22 bits per heavy atom. The second-order valence-corrected chi connectivity index (χ2v) is 6.57. The Labute approximate surface area is 108 Å². The highest BCUT2D eigenvalue weighted by atomic mass is 32.2. The van der Waals surface area contributed by atoms with E-state index in [1.54, 1.807) is 12.1 Å². The number of aromatic nitrogens is 4. The fourth-order valence-electron chi connectivity index (χ4n) is 1.26. The predicted octanol–water partition coefficient (Wildman–Crippen LogP) is -0.541.